The molecule has 0 unspecified atom stereocenters. The fourth-order valence-electron chi connectivity index (χ4n) is 2.59. The molecule has 5 nitrogen and oxygen atoms in total. The molecule has 2 aromatic rings. The standard InChI is InChI=1S/C15H12F4N4O/c16-11-5-8(15(17,18)19)1-2-9(11)14(24)23-4-3-10-12(6-23)21-7-22-13(10)20/h1-2,5,7H,3-4,6H2,(H2,20,21,22). The number of nitrogens with two attached hydrogens (primary N) is 1. The van der Waals surface area contributed by atoms with E-state index in [2.05, 4.69) is 9.97 Å². The number of carbonyl (C=O) groups is 1. The highest BCUT2D eigenvalue weighted by molar-refractivity contribution is 5.94. The molecule has 0 aliphatic carbocycles. The summed E-state index contributed by atoms with van der Waals surface area (Å²) in [6.07, 6.45) is -3.00. The zero-order valence-corrected chi connectivity index (χ0v) is 12.3. The molecule has 0 spiro atoms. The lowest BCUT2D eigenvalue weighted by molar-refractivity contribution is -0.137. The molecule has 1 aliphatic rings. The second-order valence-electron chi connectivity index (χ2n) is 5.35. The van der Waals surface area contributed by atoms with Gasteiger partial charge in [0, 0.05) is 12.1 Å². The van der Waals surface area contributed by atoms with Crippen molar-refractivity contribution in [2.75, 3.05) is 12.3 Å². The molecule has 24 heavy (non-hydrogen) atoms. The van der Waals surface area contributed by atoms with Crippen LogP contribution >= 0.6 is 0 Å². The monoisotopic (exact) mass is 340 g/mol. The number of hydrogen-bond donors (Lipinski definition) is 1. The van der Waals surface area contributed by atoms with Gasteiger partial charge in [-0.2, -0.15) is 13.2 Å². The largest absolute Gasteiger partial charge is 0.416 e. The van der Waals surface area contributed by atoms with Gasteiger partial charge in [0.2, 0.25) is 0 Å². The Hall–Kier alpha value is -2.71. The molecular weight excluding hydrogens is 328 g/mol. The van der Waals surface area contributed by atoms with E-state index >= 15 is 0 Å². The summed E-state index contributed by atoms with van der Waals surface area (Å²) >= 11 is 0. The number of alkyl halides is 3. The second-order valence-corrected chi connectivity index (χ2v) is 5.35. The number of fused-ring (bicyclic) bond motifs is 1. The number of nitrogen functional groups attached to an aromatic ring is 1. The van der Waals surface area contributed by atoms with Crippen molar-refractivity contribution in [3.8, 4) is 0 Å². The van der Waals surface area contributed by atoms with E-state index in [0.717, 1.165) is 11.6 Å². The van der Waals surface area contributed by atoms with E-state index in [1.165, 1.54) is 11.2 Å². The van der Waals surface area contributed by atoms with E-state index in [0.29, 0.717) is 30.1 Å². The maximum absolute atomic E-state index is 14.0. The van der Waals surface area contributed by atoms with E-state index in [9.17, 15) is 22.4 Å². The van der Waals surface area contributed by atoms with Crippen LogP contribution in [0.4, 0.5) is 23.4 Å². The molecular formula is C15H12F4N4O. The number of amides is 1. The van der Waals surface area contributed by atoms with Crippen LogP contribution in [0.25, 0.3) is 0 Å². The second kappa shape index (κ2) is 5.73. The first kappa shape index (κ1) is 16.2. The van der Waals surface area contributed by atoms with Gasteiger partial charge in [-0.05, 0) is 24.6 Å². The quantitative estimate of drug-likeness (QED) is 0.809. The molecule has 1 aromatic carbocycles. The summed E-state index contributed by atoms with van der Waals surface area (Å²) in [6, 6.07) is 1.87. The van der Waals surface area contributed by atoms with E-state index in [1.54, 1.807) is 0 Å². The number of anilines is 1. The van der Waals surface area contributed by atoms with Crippen molar-refractivity contribution < 1.29 is 22.4 Å². The highest BCUT2D eigenvalue weighted by Crippen LogP contribution is 2.31. The Kier molecular flexibility index (Phi) is 3.86. The summed E-state index contributed by atoms with van der Waals surface area (Å²) in [6.45, 7) is 0.352. The smallest absolute Gasteiger partial charge is 0.383 e. The summed E-state index contributed by atoms with van der Waals surface area (Å²) in [5.74, 6) is -1.57. The minimum atomic E-state index is -4.67. The van der Waals surface area contributed by atoms with Crippen molar-refractivity contribution in [1.29, 1.82) is 0 Å². The van der Waals surface area contributed by atoms with Crippen molar-refractivity contribution >= 4 is 11.7 Å². The van der Waals surface area contributed by atoms with Crippen LogP contribution in [0.3, 0.4) is 0 Å². The highest BCUT2D eigenvalue weighted by Gasteiger charge is 2.32. The average molecular weight is 340 g/mol. The minimum Gasteiger partial charge on any atom is -0.383 e. The van der Waals surface area contributed by atoms with Gasteiger partial charge in [-0.3, -0.25) is 4.79 Å². The normalized spacial score (nSPS) is 14.4. The van der Waals surface area contributed by atoms with Gasteiger partial charge < -0.3 is 10.6 Å². The number of hydrogen-bond acceptors (Lipinski definition) is 4. The van der Waals surface area contributed by atoms with Crippen molar-refractivity contribution in [1.82, 2.24) is 14.9 Å². The minimum absolute atomic E-state index is 0.0986. The zero-order valence-electron chi connectivity index (χ0n) is 12.3. The molecule has 0 radical (unpaired) electrons. The summed E-state index contributed by atoms with van der Waals surface area (Å²) in [5, 5.41) is 0. The molecule has 2 N–H and O–H groups in total. The Labute approximate surface area is 134 Å². The number of benzene rings is 1. The third-order valence-electron chi connectivity index (χ3n) is 3.85. The number of rotatable bonds is 1. The lowest BCUT2D eigenvalue weighted by atomic mass is 10.0. The Morgan fingerprint density at radius 1 is 1.25 bits per heavy atom. The van der Waals surface area contributed by atoms with Gasteiger partial charge in [-0.15, -0.1) is 0 Å². The Balaban J connectivity index is 1.86. The molecule has 0 bridgehead atoms. The van der Waals surface area contributed by atoms with Crippen LogP contribution in [0, 0.1) is 5.82 Å². The third-order valence-corrected chi connectivity index (χ3v) is 3.85. The Morgan fingerprint density at radius 3 is 2.67 bits per heavy atom. The van der Waals surface area contributed by atoms with Crippen molar-refractivity contribution in [3.63, 3.8) is 0 Å². The molecule has 0 atom stereocenters. The topological polar surface area (TPSA) is 72.1 Å². The van der Waals surface area contributed by atoms with E-state index in [4.69, 9.17) is 5.73 Å². The molecule has 1 amide bonds. The number of nitrogens with zero attached hydrogens (tertiary/aromatic N) is 3. The number of halogens is 4. The zero-order chi connectivity index (χ0) is 17.5. The van der Waals surface area contributed by atoms with Gasteiger partial charge in [0.05, 0.1) is 23.4 Å². The van der Waals surface area contributed by atoms with Crippen LogP contribution in [-0.4, -0.2) is 27.3 Å². The molecule has 1 aliphatic heterocycles. The average Bonchev–Trinajstić information content (AvgIpc) is 2.53. The van der Waals surface area contributed by atoms with Gasteiger partial charge in [0.1, 0.15) is 18.0 Å². The van der Waals surface area contributed by atoms with Crippen LogP contribution in [0.5, 0.6) is 0 Å². The molecule has 9 heteroatoms. The maximum Gasteiger partial charge on any atom is 0.416 e. The summed E-state index contributed by atoms with van der Waals surface area (Å²) < 4.78 is 51.7. The van der Waals surface area contributed by atoms with Crippen LogP contribution in [0.15, 0.2) is 24.5 Å². The Morgan fingerprint density at radius 2 is 2.00 bits per heavy atom. The first-order chi connectivity index (χ1) is 11.3. The van der Waals surface area contributed by atoms with Crippen LogP contribution in [0.2, 0.25) is 0 Å². The fourth-order valence-corrected chi connectivity index (χ4v) is 2.59. The SMILES string of the molecule is Nc1ncnc2c1CCN(C(=O)c1ccc(C(F)(F)F)cc1F)C2. The molecule has 2 heterocycles. The molecule has 3 rings (SSSR count). The summed E-state index contributed by atoms with van der Waals surface area (Å²) in [4.78, 5) is 21.6. The first-order valence-electron chi connectivity index (χ1n) is 7.01. The molecule has 0 saturated heterocycles. The van der Waals surface area contributed by atoms with E-state index in [-0.39, 0.29) is 13.1 Å². The third kappa shape index (κ3) is 2.89. The number of carbonyl (C=O) groups excluding carboxylic acids is 1. The van der Waals surface area contributed by atoms with Gasteiger partial charge in [-0.25, -0.2) is 14.4 Å². The summed E-state index contributed by atoms with van der Waals surface area (Å²) in [7, 11) is 0. The van der Waals surface area contributed by atoms with Crippen molar-refractivity contribution in [3.05, 3.63) is 52.7 Å². The fraction of sp³-hybridized carbons (Fsp3) is 0.267. The van der Waals surface area contributed by atoms with E-state index in [1.807, 2.05) is 0 Å². The lowest BCUT2D eigenvalue weighted by Gasteiger charge is -2.28. The summed E-state index contributed by atoms with van der Waals surface area (Å²) in [5.41, 5.74) is 5.47. The van der Waals surface area contributed by atoms with Gasteiger partial charge in [-0.1, -0.05) is 0 Å². The predicted octanol–water partition coefficient (Wildman–Crippen LogP) is 2.42. The Bertz CT molecular complexity index is 807. The van der Waals surface area contributed by atoms with E-state index < -0.39 is 29.0 Å². The maximum atomic E-state index is 14.0. The molecule has 1 aromatic heterocycles. The molecule has 0 saturated carbocycles. The van der Waals surface area contributed by atoms with Crippen LogP contribution in [0.1, 0.15) is 27.2 Å². The van der Waals surface area contributed by atoms with Gasteiger partial charge in [0.25, 0.3) is 5.91 Å². The lowest BCUT2D eigenvalue weighted by Crippen LogP contribution is -2.37. The van der Waals surface area contributed by atoms with Gasteiger partial charge >= 0.3 is 6.18 Å². The number of aromatic nitrogens is 2. The van der Waals surface area contributed by atoms with Crippen molar-refractivity contribution in [2.24, 2.45) is 0 Å². The molecule has 126 valence electrons. The van der Waals surface area contributed by atoms with Crippen molar-refractivity contribution in [2.45, 2.75) is 19.1 Å². The highest BCUT2D eigenvalue weighted by atomic mass is 19.4. The van der Waals surface area contributed by atoms with Gasteiger partial charge in [0.15, 0.2) is 0 Å². The predicted molar refractivity (Wildman–Crippen MR) is 76.3 cm³/mol. The van der Waals surface area contributed by atoms with Crippen LogP contribution in [-0.2, 0) is 19.1 Å². The van der Waals surface area contributed by atoms with Crippen LogP contribution < -0.4 is 5.73 Å². The first-order valence-corrected chi connectivity index (χ1v) is 7.01. The molecule has 0 fully saturated rings.